The maximum atomic E-state index is 11.5. The standard InChI is InChI=1S/C12H17BrO7/c1-5-9(18-6(2)14)10(19-7(3)15)11(12(13)17-5)20-8(4)16/h5,9-12H,1-4H3/t5-,9+,10+,11-,12?/m0/s1/i2D,3D,4D. The SMILES string of the molecule is [2H]CC(=O)O[C@@H]1[C@H](OC(=O)C[2H])[C@H](C)OC(Br)[C@H]1OC(=O)C[2H]. The van der Waals surface area contributed by atoms with E-state index in [9.17, 15) is 14.4 Å². The Hall–Kier alpha value is -1.15. The molecule has 8 heteroatoms. The molecule has 5 atom stereocenters. The Labute approximate surface area is 129 Å². The number of rotatable bonds is 3. The molecule has 0 radical (unpaired) electrons. The van der Waals surface area contributed by atoms with E-state index < -0.39 is 68.0 Å². The van der Waals surface area contributed by atoms with Crippen LogP contribution in [0, 0.1) is 0 Å². The van der Waals surface area contributed by atoms with Crippen LogP contribution in [0.3, 0.4) is 0 Å². The Balaban J connectivity index is 3.04. The monoisotopic (exact) mass is 355 g/mol. The van der Waals surface area contributed by atoms with E-state index in [0.29, 0.717) is 0 Å². The molecular weight excluding hydrogens is 336 g/mol. The number of carbonyl (C=O) groups is 3. The molecule has 0 bridgehead atoms. The zero-order valence-corrected chi connectivity index (χ0v) is 12.3. The molecule has 1 fully saturated rings. The third-order valence-corrected chi connectivity index (χ3v) is 3.25. The fraction of sp³-hybridized carbons (Fsp3) is 0.750. The number of hydrogen-bond donors (Lipinski definition) is 0. The highest BCUT2D eigenvalue weighted by Crippen LogP contribution is 2.31. The summed E-state index contributed by atoms with van der Waals surface area (Å²) in [5.41, 5.74) is 0. The van der Waals surface area contributed by atoms with Crippen molar-refractivity contribution < 1.29 is 37.4 Å². The Morgan fingerprint density at radius 2 is 1.40 bits per heavy atom. The second kappa shape index (κ2) is 7.03. The minimum Gasteiger partial charge on any atom is -0.456 e. The van der Waals surface area contributed by atoms with Crippen molar-refractivity contribution in [3.63, 3.8) is 0 Å². The molecule has 0 spiro atoms. The van der Waals surface area contributed by atoms with E-state index in [1.54, 1.807) is 6.92 Å². The lowest BCUT2D eigenvalue weighted by Gasteiger charge is -2.41. The summed E-state index contributed by atoms with van der Waals surface area (Å²) in [5, 5.41) is -0.859. The van der Waals surface area contributed by atoms with Crippen molar-refractivity contribution >= 4 is 33.8 Å². The van der Waals surface area contributed by atoms with E-state index in [4.69, 9.17) is 23.1 Å². The Morgan fingerprint density at radius 3 is 1.90 bits per heavy atom. The topological polar surface area (TPSA) is 88.1 Å². The molecule has 0 aliphatic carbocycles. The average molecular weight is 356 g/mol. The van der Waals surface area contributed by atoms with Gasteiger partial charge < -0.3 is 18.9 Å². The van der Waals surface area contributed by atoms with Gasteiger partial charge in [0.25, 0.3) is 0 Å². The molecule has 1 aliphatic heterocycles. The molecule has 20 heavy (non-hydrogen) atoms. The first-order valence-corrected chi connectivity index (χ1v) is 6.51. The van der Waals surface area contributed by atoms with E-state index in [1.165, 1.54) is 0 Å². The molecule has 0 amide bonds. The van der Waals surface area contributed by atoms with E-state index in [1.807, 2.05) is 0 Å². The first-order chi connectivity index (χ1) is 10.8. The van der Waals surface area contributed by atoms with Gasteiger partial charge in [0.15, 0.2) is 23.3 Å². The van der Waals surface area contributed by atoms with Gasteiger partial charge in [0, 0.05) is 24.8 Å². The largest absolute Gasteiger partial charge is 0.456 e. The van der Waals surface area contributed by atoms with Crippen molar-refractivity contribution in [2.24, 2.45) is 0 Å². The van der Waals surface area contributed by atoms with Crippen LogP contribution < -0.4 is 0 Å². The summed E-state index contributed by atoms with van der Waals surface area (Å²) in [5.74, 6) is -2.64. The second-order valence-corrected chi connectivity index (χ2v) is 4.96. The van der Waals surface area contributed by atoms with E-state index in [-0.39, 0.29) is 0 Å². The molecular formula is C12H17BrO7. The lowest BCUT2D eigenvalue weighted by molar-refractivity contribution is -0.227. The summed E-state index contributed by atoms with van der Waals surface area (Å²) >= 11 is 3.14. The molecule has 0 saturated carbocycles. The molecule has 0 aromatic heterocycles. The minimum atomic E-state index is -1.22. The van der Waals surface area contributed by atoms with Gasteiger partial charge in [-0.2, -0.15) is 0 Å². The van der Waals surface area contributed by atoms with E-state index in [2.05, 4.69) is 15.9 Å². The second-order valence-electron chi connectivity index (χ2n) is 4.06. The first-order valence-electron chi connectivity index (χ1n) is 7.71. The number of halogens is 1. The minimum absolute atomic E-state index is 0.642. The molecule has 114 valence electrons. The summed E-state index contributed by atoms with van der Waals surface area (Å²) < 4.78 is 41.6. The van der Waals surface area contributed by atoms with Gasteiger partial charge in [0.1, 0.15) is 0 Å². The van der Waals surface area contributed by atoms with Crippen molar-refractivity contribution in [1.82, 2.24) is 0 Å². The van der Waals surface area contributed by atoms with Crippen molar-refractivity contribution in [3.8, 4) is 0 Å². The summed E-state index contributed by atoms with van der Waals surface area (Å²) in [6.07, 6.45) is -4.21. The van der Waals surface area contributed by atoms with Gasteiger partial charge in [0.05, 0.1) is 6.10 Å². The van der Waals surface area contributed by atoms with Crippen LogP contribution in [0.15, 0.2) is 0 Å². The summed E-state index contributed by atoms with van der Waals surface area (Å²) in [6.45, 7) is -0.406. The maximum absolute atomic E-state index is 11.5. The van der Waals surface area contributed by atoms with Crippen LogP contribution in [-0.4, -0.2) is 47.3 Å². The van der Waals surface area contributed by atoms with E-state index >= 15 is 0 Å². The summed E-state index contributed by atoms with van der Waals surface area (Å²) in [4.78, 5) is 34.3. The van der Waals surface area contributed by atoms with Crippen molar-refractivity contribution in [2.45, 2.75) is 57.1 Å². The van der Waals surface area contributed by atoms with Crippen LogP contribution in [0.1, 0.15) is 31.7 Å². The number of esters is 3. The summed E-state index contributed by atoms with van der Waals surface area (Å²) in [6, 6.07) is 0. The first kappa shape index (κ1) is 12.6. The summed E-state index contributed by atoms with van der Waals surface area (Å²) in [7, 11) is 0. The Kier molecular flexibility index (Phi) is 4.42. The zero-order valence-electron chi connectivity index (χ0n) is 13.7. The average Bonchev–Trinajstić information content (AvgIpc) is 2.53. The van der Waals surface area contributed by atoms with Crippen molar-refractivity contribution in [1.29, 1.82) is 0 Å². The number of carbonyl (C=O) groups excluding carboxylic acids is 3. The molecule has 7 nitrogen and oxygen atoms in total. The van der Waals surface area contributed by atoms with Gasteiger partial charge in [-0.1, -0.05) is 15.9 Å². The van der Waals surface area contributed by atoms with Crippen LogP contribution in [0.4, 0.5) is 0 Å². The van der Waals surface area contributed by atoms with Crippen LogP contribution >= 0.6 is 15.9 Å². The van der Waals surface area contributed by atoms with Crippen molar-refractivity contribution in [3.05, 3.63) is 0 Å². The molecule has 1 rings (SSSR count). The van der Waals surface area contributed by atoms with Gasteiger partial charge in [-0.15, -0.1) is 0 Å². The third-order valence-electron chi connectivity index (χ3n) is 2.52. The lowest BCUT2D eigenvalue weighted by atomic mass is 10.00. The van der Waals surface area contributed by atoms with Crippen LogP contribution in [-0.2, 0) is 33.3 Å². The molecule has 0 N–H and O–H groups in total. The quantitative estimate of drug-likeness (QED) is 0.422. The fourth-order valence-corrected chi connectivity index (χ4v) is 2.59. The molecule has 1 heterocycles. The predicted molar refractivity (Wildman–Crippen MR) is 69.9 cm³/mol. The van der Waals surface area contributed by atoms with Crippen LogP contribution in [0.5, 0.6) is 0 Å². The number of hydrogen-bond acceptors (Lipinski definition) is 7. The number of alkyl halides is 1. The van der Waals surface area contributed by atoms with Crippen LogP contribution in [0.2, 0.25) is 0 Å². The molecule has 1 aliphatic rings. The highest BCUT2D eigenvalue weighted by Gasteiger charge is 2.49. The zero-order chi connectivity index (χ0) is 17.6. The molecule has 1 unspecified atom stereocenters. The highest BCUT2D eigenvalue weighted by molar-refractivity contribution is 9.09. The molecule has 0 aromatic rings. The Bertz CT molecular complexity index is 420. The number of ether oxygens (including phenoxy) is 4. The Morgan fingerprint density at radius 1 is 0.950 bits per heavy atom. The van der Waals surface area contributed by atoms with Gasteiger partial charge in [-0.25, -0.2) is 0 Å². The normalized spacial score (nSPS) is 35.1. The van der Waals surface area contributed by atoms with E-state index in [0.717, 1.165) is 0 Å². The van der Waals surface area contributed by atoms with Crippen molar-refractivity contribution in [2.75, 3.05) is 0 Å². The van der Waals surface area contributed by atoms with Gasteiger partial charge in [0.2, 0.25) is 0 Å². The van der Waals surface area contributed by atoms with Gasteiger partial charge in [-0.3, -0.25) is 14.4 Å². The van der Waals surface area contributed by atoms with Gasteiger partial charge >= 0.3 is 17.9 Å². The third kappa shape index (κ3) is 4.45. The highest BCUT2D eigenvalue weighted by atomic mass is 79.9. The molecule has 0 aromatic carbocycles. The van der Waals surface area contributed by atoms with Crippen LogP contribution in [0.25, 0.3) is 0 Å². The lowest BCUT2D eigenvalue weighted by Crippen LogP contribution is -2.59. The maximum Gasteiger partial charge on any atom is 0.303 e. The molecule has 1 saturated heterocycles. The fourth-order valence-electron chi connectivity index (χ4n) is 1.84. The van der Waals surface area contributed by atoms with Gasteiger partial charge in [-0.05, 0) is 6.92 Å². The predicted octanol–water partition coefficient (Wildman–Crippen LogP) is 0.921. The smallest absolute Gasteiger partial charge is 0.303 e.